The van der Waals surface area contributed by atoms with Crippen LogP contribution < -0.4 is 10.1 Å². The number of rotatable bonds is 10. The van der Waals surface area contributed by atoms with E-state index in [2.05, 4.69) is 10.3 Å². The molecule has 0 saturated heterocycles. The van der Waals surface area contributed by atoms with Gasteiger partial charge in [-0.05, 0) is 42.2 Å². The average Bonchev–Trinajstić information content (AvgIpc) is 3.13. The Bertz CT molecular complexity index is 1150. The van der Waals surface area contributed by atoms with Crippen molar-refractivity contribution in [1.82, 2.24) is 9.29 Å². The van der Waals surface area contributed by atoms with Gasteiger partial charge in [0, 0.05) is 13.1 Å². The molecule has 1 aromatic heterocycles. The lowest BCUT2D eigenvalue weighted by Gasteiger charge is -2.25. The number of fused-ring (bicyclic) bond motifs is 1. The largest absolute Gasteiger partial charge is 0.484 e. The summed E-state index contributed by atoms with van der Waals surface area (Å²) < 4.78 is 34.2. The van der Waals surface area contributed by atoms with Gasteiger partial charge in [0.15, 0.2) is 11.7 Å². The van der Waals surface area contributed by atoms with Gasteiger partial charge in [-0.1, -0.05) is 57.2 Å². The normalized spacial score (nSPS) is 12.1. The molecule has 1 heterocycles. The van der Waals surface area contributed by atoms with Crippen LogP contribution in [0.4, 0.5) is 5.13 Å². The lowest BCUT2D eigenvalue weighted by Crippen LogP contribution is -2.37. The summed E-state index contributed by atoms with van der Waals surface area (Å²) in [7, 11) is -3.63. The number of ether oxygens (including phenoxy) is 1. The molecule has 0 radical (unpaired) electrons. The van der Waals surface area contributed by atoms with Gasteiger partial charge in [-0.3, -0.25) is 10.1 Å². The van der Waals surface area contributed by atoms with Crippen molar-refractivity contribution >= 4 is 42.6 Å². The summed E-state index contributed by atoms with van der Waals surface area (Å²) in [6, 6.07) is 14.0. The number of amides is 1. The number of nitrogens with one attached hydrogen (secondary N) is 1. The van der Waals surface area contributed by atoms with E-state index in [1.165, 1.54) is 11.3 Å². The molecule has 1 N–H and O–H groups in total. The Morgan fingerprint density at radius 3 is 2.34 bits per heavy atom. The van der Waals surface area contributed by atoms with E-state index < -0.39 is 10.0 Å². The first-order valence-electron chi connectivity index (χ1n) is 10.5. The van der Waals surface area contributed by atoms with E-state index in [0.29, 0.717) is 34.2 Å². The molecule has 0 aliphatic heterocycles. The molecule has 3 aromatic rings. The second-order valence-electron chi connectivity index (χ2n) is 8.41. The number of benzene rings is 2. The third kappa shape index (κ3) is 6.27. The molecule has 32 heavy (non-hydrogen) atoms. The molecule has 0 fully saturated rings. The second-order valence-corrected chi connectivity index (χ2v) is 11.4. The number of nitrogens with zero attached hydrogens (tertiary/aromatic N) is 2. The van der Waals surface area contributed by atoms with Crippen molar-refractivity contribution in [3.63, 3.8) is 0 Å². The second kappa shape index (κ2) is 10.4. The predicted octanol–water partition coefficient (Wildman–Crippen LogP) is 4.62. The zero-order chi connectivity index (χ0) is 23.3. The zero-order valence-electron chi connectivity index (χ0n) is 18.7. The van der Waals surface area contributed by atoms with Crippen LogP contribution in [0.25, 0.3) is 10.2 Å². The van der Waals surface area contributed by atoms with Crippen LogP contribution in [0.5, 0.6) is 5.75 Å². The molecule has 0 unspecified atom stereocenters. The number of hydrogen-bond acceptors (Lipinski definition) is 6. The maximum atomic E-state index is 13.3. The molecular formula is C23H29N3O4S2. The number of thiazole rings is 1. The Morgan fingerprint density at radius 2 is 1.72 bits per heavy atom. The minimum Gasteiger partial charge on any atom is -0.484 e. The minimum atomic E-state index is -3.63. The molecule has 3 rings (SSSR count). The van der Waals surface area contributed by atoms with Crippen molar-refractivity contribution in [2.75, 3.05) is 25.0 Å². The molecule has 0 spiro atoms. The van der Waals surface area contributed by atoms with E-state index in [0.717, 1.165) is 0 Å². The highest BCUT2D eigenvalue weighted by molar-refractivity contribution is 7.89. The summed E-state index contributed by atoms with van der Waals surface area (Å²) in [5.74, 6) is 0.709. The Labute approximate surface area is 193 Å². The molecule has 2 aromatic carbocycles. The standard InChI is InChI=1S/C23H29N3O4S2/c1-16(2)13-26(14-17(3)4)32(28,29)19-10-11-20-21(12-19)31-23(24-20)25-22(27)15-30-18-8-6-5-7-9-18/h5-12,16-17H,13-15H2,1-4H3,(H,24,25,27). The lowest BCUT2D eigenvalue weighted by molar-refractivity contribution is -0.118. The smallest absolute Gasteiger partial charge is 0.264 e. The van der Waals surface area contributed by atoms with Gasteiger partial charge >= 0.3 is 0 Å². The molecule has 0 aliphatic carbocycles. The van der Waals surface area contributed by atoms with Gasteiger partial charge in [-0.15, -0.1) is 0 Å². The fourth-order valence-electron chi connectivity index (χ4n) is 3.17. The average molecular weight is 476 g/mol. The van der Waals surface area contributed by atoms with Crippen LogP contribution >= 0.6 is 11.3 Å². The quantitative estimate of drug-likeness (QED) is 0.462. The van der Waals surface area contributed by atoms with Crippen molar-refractivity contribution in [3.05, 3.63) is 48.5 Å². The number of carbonyl (C=O) groups excluding carboxylic acids is 1. The van der Waals surface area contributed by atoms with Gasteiger partial charge < -0.3 is 4.74 Å². The van der Waals surface area contributed by atoms with Crippen molar-refractivity contribution in [2.24, 2.45) is 11.8 Å². The third-order valence-electron chi connectivity index (χ3n) is 4.49. The highest BCUT2D eigenvalue weighted by Crippen LogP contribution is 2.29. The molecule has 9 heteroatoms. The van der Waals surface area contributed by atoms with E-state index in [1.807, 2.05) is 45.9 Å². The van der Waals surface area contributed by atoms with Crippen LogP contribution in [0, 0.1) is 11.8 Å². The van der Waals surface area contributed by atoms with Crippen LogP contribution in [-0.2, 0) is 14.8 Å². The molecule has 7 nitrogen and oxygen atoms in total. The summed E-state index contributed by atoms with van der Waals surface area (Å²) in [5, 5.41) is 3.12. The number of sulfonamides is 1. The van der Waals surface area contributed by atoms with Gasteiger partial charge in [0.05, 0.1) is 15.1 Å². The topological polar surface area (TPSA) is 88.6 Å². The van der Waals surface area contributed by atoms with E-state index in [4.69, 9.17) is 4.74 Å². The van der Waals surface area contributed by atoms with Crippen LogP contribution in [-0.4, -0.2) is 43.3 Å². The monoisotopic (exact) mass is 475 g/mol. The molecule has 0 bridgehead atoms. The highest BCUT2D eigenvalue weighted by Gasteiger charge is 2.26. The fourth-order valence-corrected chi connectivity index (χ4v) is 5.96. The zero-order valence-corrected chi connectivity index (χ0v) is 20.4. The van der Waals surface area contributed by atoms with E-state index in [9.17, 15) is 13.2 Å². The van der Waals surface area contributed by atoms with Crippen molar-refractivity contribution < 1.29 is 17.9 Å². The maximum Gasteiger partial charge on any atom is 0.264 e. The molecule has 0 saturated carbocycles. The fraction of sp³-hybridized carbons (Fsp3) is 0.391. The Morgan fingerprint density at radius 1 is 1.06 bits per heavy atom. The van der Waals surface area contributed by atoms with E-state index >= 15 is 0 Å². The number of hydrogen-bond donors (Lipinski definition) is 1. The van der Waals surface area contributed by atoms with E-state index in [1.54, 1.807) is 34.6 Å². The molecule has 0 aliphatic rings. The first-order chi connectivity index (χ1) is 15.1. The van der Waals surface area contributed by atoms with Crippen LogP contribution in [0.15, 0.2) is 53.4 Å². The predicted molar refractivity (Wildman–Crippen MR) is 129 cm³/mol. The van der Waals surface area contributed by atoms with Gasteiger partial charge in [0.1, 0.15) is 5.75 Å². The molecule has 0 atom stereocenters. The van der Waals surface area contributed by atoms with Crippen LogP contribution in [0.2, 0.25) is 0 Å². The summed E-state index contributed by atoms with van der Waals surface area (Å²) in [6.45, 7) is 8.81. The number of para-hydroxylation sites is 1. The Balaban J connectivity index is 1.75. The maximum absolute atomic E-state index is 13.3. The van der Waals surface area contributed by atoms with Crippen LogP contribution in [0.1, 0.15) is 27.7 Å². The minimum absolute atomic E-state index is 0.140. The van der Waals surface area contributed by atoms with Crippen molar-refractivity contribution in [2.45, 2.75) is 32.6 Å². The van der Waals surface area contributed by atoms with Gasteiger partial charge in [0.2, 0.25) is 10.0 Å². The van der Waals surface area contributed by atoms with E-state index in [-0.39, 0.29) is 29.2 Å². The summed E-state index contributed by atoms with van der Waals surface area (Å²) in [4.78, 5) is 16.8. The first-order valence-corrected chi connectivity index (χ1v) is 12.8. The highest BCUT2D eigenvalue weighted by atomic mass is 32.2. The number of aromatic nitrogens is 1. The first kappa shape index (κ1) is 24.2. The Kier molecular flexibility index (Phi) is 7.86. The van der Waals surface area contributed by atoms with Gasteiger partial charge in [-0.25, -0.2) is 13.4 Å². The lowest BCUT2D eigenvalue weighted by atomic mass is 10.2. The summed E-state index contributed by atoms with van der Waals surface area (Å²) in [6.07, 6.45) is 0. The Hall–Kier alpha value is -2.49. The summed E-state index contributed by atoms with van der Waals surface area (Å²) in [5.41, 5.74) is 0.632. The van der Waals surface area contributed by atoms with Crippen molar-refractivity contribution in [3.8, 4) is 5.75 Å². The summed E-state index contributed by atoms with van der Waals surface area (Å²) >= 11 is 1.24. The van der Waals surface area contributed by atoms with Crippen molar-refractivity contribution in [1.29, 1.82) is 0 Å². The molecule has 1 amide bonds. The van der Waals surface area contributed by atoms with Gasteiger partial charge in [0.25, 0.3) is 5.91 Å². The SMILES string of the molecule is CC(C)CN(CC(C)C)S(=O)(=O)c1ccc2nc(NC(=O)COc3ccccc3)sc2c1. The molecular weight excluding hydrogens is 446 g/mol. The third-order valence-corrected chi connectivity index (χ3v) is 7.26. The molecule has 172 valence electrons. The van der Waals surface area contributed by atoms with Crippen LogP contribution in [0.3, 0.4) is 0 Å². The van der Waals surface area contributed by atoms with Gasteiger partial charge in [-0.2, -0.15) is 4.31 Å². The number of anilines is 1. The number of carbonyl (C=O) groups is 1.